The fourth-order valence-corrected chi connectivity index (χ4v) is 4.08. The van der Waals surface area contributed by atoms with Crippen LogP contribution < -0.4 is 21.5 Å². The maximum absolute atomic E-state index is 12.2. The van der Waals surface area contributed by atoms with Crippen LogP contribution in [-0.2, 0) is 11.3 Å². The van der Waals surface area contributed by atoms with Crippen molar-refractivity contribution >= 4 is 11.7 Å². The van der Waals surface area contributed by atoms with Gasteiger partial charge in [0.2, 0.25) is 0 Å². The normalized spacial score (nSPS) is 17.0. The van der Waals surface area contributed by atoms with Crippen molar-refractivity contribution in [2.45, 2.75) is 31.7 Å². The summed E-state index contributed by atoms with van der Waals surface area (Å²) in [7, 11) is 1.57. The van der Waals surface area contributed by atoms with Gasteiger partial charge in [-0.25, -0.2) is 4.68 Å². The van der Waals surface area contributed by atoms with Crippen LogP contribution in [0.2, 0.25) is 0 Å². The number of rotatable bonds is 8. The lowest BCUT2D eigenvalue weighted by molar-refractivity contribution is 0.0558. The van der Waals surface area contributed by atoms with Gasteiger partial charge in [-0.05, 0) is 24.5 Å². The third-order valence-electron chi connectivity index (χ3n) is 5.84. The van der Waals surface area contributed by atoms with Gasteiger partial charge in [0.05, 0.1) is 19.8 Å². The Hall–Kier alpha value is -3.40. The number of primary amides is 1. The predicted octanol–water partition coefficient (Wildman–Crippen LogP) is 2.37. The third kappa shape index (κ3) is 4.85. The molecule has 0 radical (unpaired) electrons. The summed E-state index contributed by atoms with van der Waals surface area (Å²) in [6.45, 7) is 1.65. The summed E-state index contributed by atoms with van der Waals surface area (Å²) in [5, 5.41) is 18.2. The van der Waals surface area contributed by atoms with Gasteiger partial charge in [-0.15, -0.1) is 0 Å². The number of amides is 1. The van der Waals surface area contributed by atoms with Gasteiger partial charge in [0, 0.05) is 24.3 Å². The first-order chi connectivity index (χ1) is 16.0. The second-order valence-electron chi connectivity index (χ2n) is 8.01. The quantitative estimate of drug-likeness (QED) is 0.386. The molecule has 1 aliphatic rings. The minimum Gasteiger partial charge on any atom is -0.496 e. The number of benzene rings is 2. The second kappa shape index (κ2) is 10.0. The highest BCUT2D eigenvalue weighted by Gasteiger charge is 2.26. The SMILES string of the molecule is COc1ccccc1C(O)NCc1ccc(-c2nn(C3CCCOC3)c(N)c2C(N)=O)cc1. The number of anilines is 1. The maximum Gasteiger partial charge on any atom is 0.254 e. The van der Waals surface area contributed by atoms with Crippen LogP contribution in [0.5, 0.6) is 5.75 Å². The lowest BCUT2D eigenvalue weighted by atomic mass is 10.0. The summed E-state index contributed by atoms with van der Waals surface area (Å²) in [5.74, 6) is 0.262. The fraction of sp³-hybridized carbons (Fsp3) is 0.333. The molecule has 4 rings (SSSR count). The molecular weight excluding hydrogens is 422 g/mol. The monoisotopic (exact) mass is 451 g/mol. The van der Waals surface area contributed by atoms with E-state index >= 15 is 0 Å². The van der Waals surface area contributed by atoms with E-state index in [0.29, 0.717) is 36.8 Å². The lowest BCUT2D eigenvalue weighted by Crippen LogP contribution is -2.24. The number of carbonyl (C=O) groups is 1. The van der Waals surface area contributed by atoms with E-state index in [1.54, 1.807) is 17.9 Å². The minimum absolute atomic E-state index is 0.0226. The zero-order valence-electron chi connectivity index (χ0n) is 18.5. The smallest absolute Gasteiger partial charge is 0.254 e. The number of aliphatic hydroxyl groups excluding tert-OH is 1. The van der Waals surface area contributed by atoms with Gasteiger partial charge in [-0.3, -0.25) is 10.1 Å². The summed E-state index contributed by atoms with van der Waals surface area (Å²) in [5.41, 5.74) is 14.9. The van der Waals surface area contributed by atoms with Gasteiger partial charge < -0.3 is 26.0 Å². The fourth-order valence-electron chi connectivity index (χ4n) is 4.08. The molecule has 6 N–H and O–H groups in total. The van der Waals surface area contributed by atoms with E-state index < -0.39 is 12.1 Å². The number of hydrogen-bond acceptors (Lipinski definition) is 7. The Morgan fingerprint density at radius 3 is 2.73 bits per heavy atom. The Balaban J connectivity index is 1.51. The zero-order chi connectivity index (χ0) is 23.4. The number of nitrogens with zero attached hydrogens (tertiary/aromatic N) is 2. The van der Waals surface area contributed by atoms with Crippen molar-refractivity contribution in [1.29, 1.82) is 0 Å². The van der Waals surface area contributed by atoms with Crippen LogP contribution in [0.4, 0.5) is 5.82 Å². The number of hydrogen-bond donors (Lipinski definition) is 4. The molecule has 1 fully saturated rings. The van der Waals surface area contributed by atoms with Crippen molar-refractivity contribution < 1.29 is 19.4 Å². The molecule has 9 heteroatoms. The molecular formula is C24H29N5O4. The summed E-state index contributed by atoms with van der Waals surface area (Å²) in [6.07, 6.45) is 0.909. The van der Waals surface area contributed by atoms with Crippen LogP contribution in [0.3, 0.4) is 0 Å². The van der Waals surface area contributed by atoms with Crippen LogP contribution in [0, 0.1) is 0 Å². The molecule has 1 aliphatic heterocycles. The van der Waals surface area contributed by atoms with E-state index in [9.17, 15) is 9.90 Å². The number of para-hydroxylation sites is 1. The van der Waals surface area contributed by atoms with E-state index in [-0.39, 0.29) is 17.4 Å². The van der Waals surface area contributed by atoms with Crippen molar-refractivity contribution in [1.82, 2.24) is 15.1 Å². The number of nitrogens with two attached hydrogens (primary N) is 2. The molecule has 1 amide bonds. The number of nitrogen functional groups attached to an aromatic ring is 1. The molecule has 0 saturated carbocycles. The van der Waals surface area contributed by atoms with E-state index in [1.807, 2.05) is 42.5 Å². The average Bonchev–Trinajstić information content (AvgIpc) is 3.20. The Labute approximate surface area is 192 Å². The van der Waals surface area contributed by atoms with Crippen LogP contribution in [0.25, 0.3) is 11.3 Å². The van der Waals surface area contributed by atoms with Crippen molar-refractivity contribution in [3.63, 3.8) is 0 Å². The number of ether oxygens (including phenoxy) is 2. The summed E-state index contributed by atoms with van der Waals surface area (Å²) >= 11 is 0. The molecule has 2 unspecified atom stereocenters. The number of aromatic nitrogens is 2. The minimum atomic E-state index is -0.879. The lowest BCUT2D eigenvalue weighted by Gasteiger charge is -2.23. The first kappa shape index (κ1) is 22.8. The number of methoxy groups -OCH3 is 1. The Kier molecular flexibility index (Phi) is 6.93. The van der Waals surface area contributed by atoms with Crippen molar-refractivity contribution in [2.24, 2.45) is 5.73 Å². The molecule has 9 nitrogen and oxygen atoms in total. The highest BCUT2D eigenvalue weighted by atomic mass is 16.5. The highest BCUT2D eigenvalue weighted by Crippen LogP contribution is 2.31. The van der Waals surface area contributed by atoms with Gasteiger partial charge in [0.25, 0.3) is 5.91 Å². The first-order valence-corrected chi connectivity index (χ1v) is 10.9. The van der Waals surface area contributed by atoms with E-state index in [4.69, 9.17) is 20.9 Å². The molecule has 174 valence electrons. The average molecular weight is 452 g/mol. The molecule has 1 saturated heterocycles. The predicted molar refractivity (Wildman–Crippen MR) is 124 cm³/mol. The van der Waals surface area contributed by atoms with Gasteiger partial charge >= 0.3 is 0 Å². The van der Waals surface area contributed by atoms with E-state index in [2.05, 4.69) is 10.4 Å². The Morgan fingerprint density at radius 1 is 1.30 bits per heavy atom. The largest absolute Gasteiger partial charge is 0.496 e. The topological polar surface area (TPSA) is 138 Å². The zero-order valence-corrected chi connectivity index (χ0v) is 18.5. The molecule has 0 aliphatic carbocycles. The van der Waals surface area contributed by atoms with Crippen LogP contribution >= 0.6 is 0 Å². The summed E-state index contributed by atoms with van der Waals surface area (Å²) in [4.78, 5) is 12.2. The van der Waals surface area contributed by atoms with Crippen molar-refractivity contribution in [3.05, 3.63) is 65.2 Å². The van der Waals surface area contributed by atoms with Crippen molar-refractivity contribution in [2.75, 3.05) is 26.1 Å². The molecule has 1 aromatic heterocycles. The highest BCUT2D eigenvalue weighted by molar-refractivity contribution is 6.03. The standard InChI is InChI=1S/C24H29N5O4/c1-32-19-7-3-2-6-18(19)24(31)27-13-15-8-10-16(11-9-15)21-20(23(26)30)22(25)29(28-21)17-5-4-12-33-14-17/h2-3,6-11,17,24,27,31H,4-5,12-14,25H2,1H3,(H2,26,30). The summed E-state index contributed by atoms with van der Waals surface area (Å²) in [6, 6.07) is 14.8. The molecule has 33 heavy (non-hydrogen) atoms. The van der Waals surface area contributed by atoms with E-state index in [1.165, 1.54) is 0 Å². The number of aliphatic hydroxyl groups is 1. The molecule has 2 atom stereocenters. The molecule has 0 spiro atoms. The summed E-state index contributed by atoms with van der Waals surface area (Å²) < 4.78 is 12.5. The molecule has 3 aromatic rings. The third-order valence-corrected chi connectivity index (χ3v) is 5.84. The molecule has 2 aromatic carbocycles. The van der Waals surface area contributed by atoms with Crippen LogP contribution in [-0.4, -0.2) is 41.1 Å². The van der Waals surface area contributed by atoms with Gasteiger partial charge in [0.1, 0.15) is 29.1 Å². The van der Waals surface area contributed by atoms with Gasteiger partial charge in [-0.1, -0.05) is 42.5 Å². The van der Waals surface area contributed by atoms with Crippen LogP contribution in [0.1, 0.15) is 46.6 Å². The second-order valence-corrected chi connectivity index (χ2v) is 8.01. The van der Waals surface area contributed by atoms with Gasteiger partial charge in [0.15, 0.2) is 0 Å². The van der Waals surface area contributed by atoms with Crippen molar-refractivity contribution in [3.8, 4) is 17.0 Å². The van der Waals surface area contributed by atoms with E-state index in [0.717, 1.165) is 24.0 Å². The molecule has 0 bridgehead atoms. The number of nitrogens with one attached hydrogen (secondary N) is 1. The number of carbonyl (C=O) groups excluding carboxylic acids is 1. The Bertz CT molecular complexity index is 1110. The molecule has 2 heterocycles. The van der Waals surface area contributed by atoms with Gasteiger partial charge in [-0.2, -0.15) is 5.10 Å². The maximum atomic E-state index is 12.2. The Morgan fingerprint density at radius 2 is 2.06 bits per heavy atom. The van der Waals surface area contributed by atoms with Crippen LogP contribution in [0.15, 0.2) is 48.5 Å². The first-order valence-electron chi connectivity index (χ1n) is 10.9.